The first-order valence-corrected chi connectivity index (χ1v) is 6.28. The van der Waals surface area contributed by atoms with Crippen LogP contribution in [0.25, 0.3) is 0 Å². The predicted octanol–water partition coefficient (Wildman–Crippen LogP) is 1.60. The topological polar surface area (TPSA) is 58.4 Å². The van der Waals surface area contributed by atoms with Gasteiger partial charge in [0.15, 0.2) is 0 Å². The van der Waals surface area contributed by atoms with Crippen LogP contribution in [-0.4, -0.2) is 35.4 Å². The van der Waals surface area contributed by atoms with Crippen molar-refractivity contribution in [3.63, 3.8) is 0 Å². The number of nitrogens with one attached hydrogen (secondary N) is 1. The van der Waals surface area contributed by atoms with E-state index in [1.165, 1.54) is 0 Å². The van der Waals surface area contributed by atoms with Gasteiger partial charge in [-0.2, -0.15) is 0 Å². The zero-order valence-corrected chi connectivity index (χ0v) is 11.8. The van der Waals surface area contributed by atoms with E-state index in [1.807, 2.05) is 38.1 Å². The zero-order valence-electron chi connectivity index (χ0n) is 10.9. The summed E-state index contributed by atoms with van der Waals surface area (Å²) < 4.78 is 0. The van der Waals surface area contributed by atoms with Crippen LogP contribution in [0.3, 0.4) is 0 Å². The number of likely N-dealkylation sites (N-methyl/N-ethyl adjacent to an activating group) is 1. The highest BCUT2D eigenvalue weighted by Gasteiger charge is 2.17. The van der Waals surface area contributed by atoms with Crippen LogP contribution >= 0.6 is 12.2 Å². The molecule has 0 spiro atoms. The quantitative estimate of drug-likeness (QED) is 0.794. The number of benzene rings is 1. The summed E-state index contributed by atoms with van der Waals surface area (Å²) in [6.45, 7) is 4.44. The summed E-state index contributed by atoms with van der Waals surface area (Å²) in [5.41, 5.74) is 7.19. The normalized spacial score (nSPS) is 11.7. The molecular formula is C13H19N3OS. The van der Waals surface area contributed by atoms with Gasteiger partial charge in [0, 0.05) is 24.8 Å². The summed E-state index contributed by atoms with van der Waals surface area (Å²) in [7, 11) is 1.78. The van der Waals surface area contributed by atoms with Gasteiger partial charge < -0.3 is 16.0 Å². The Morgan fingerprint density at radius 3 is 2.67 bits per heavy atom. The molecule has 0 saturated heterocycles. The fourth-order valence-electron chi connectivity index (χ4n) is 1.61. The van der Waals surface area contributed by atoms with E-state index < -0.39 is 0 Å². The van der Waals surface area contributed by atoms with Crippen molar-refractivity contribution in [1.82, 2.24) is 4.90 Å². The highest BCUT2D eigenvalue weighted by molar-refractivity contribution is 7.80. The molecule has 0 heterocycles. The van der Waals surface area contributed by atoms with E-state index in [0.29, 0.717) is 11.5 Å². The molecule has 1 rings (SSSR count). The maximum absolute atomic E-state index is 12.0. The number of thiocarbonyl (C=S) groups is 1. The number of para-hydroxylation sites is 1. The lowest BCUT2D eigenvalue weighted by Gasteiger charge is -2.22. The van der Waals surface area contributed by atoms with Gasteiger partial charge in [-0.1, -0.05) is 24.4 Å². The fourth-order valence-corrected chi connectivity index (χ4v) is 1.78. The number of hydrogen-bond acceptors (Lipinski definition) is 3. The lowest BCUT2D eigenvalue weighted by atomic mass is 10.1. The maximum atomic E-state index is 12.0. The number of carbonyl (C=O) groups is 1. The minimum Gasteiger partial charge on any atom is -0.389 e. The fraction of sp³-hybridized carbons (Fsp3) is 0.385. The minimum absolute atomic E-state index is 0.0373. The van der Waals surface area contributed by atoms with Gasteiger partial charge in [0.2, 0.25) is 5.91 Å². The van der Waals surface area contributed by atoms with Crippen LogP contribution in [0.5, 0.6) is 0 Å². The van der Waals surface area contributed by atoms with Crippen molar-refractivity contribution in [2.45, 2.75) is 19.9 Å². The lowest BCUT2D eigenvalue weighted by molar-refractivity contribution is -0.130. The number of nitrogens with two attached hydrogens (primary N) is 1. The van der Waals surface area contributed by atoms with Crippen molar-refractivity contribution < 1.29 is 4.79 Å². The van der Waals surface area contributed by atoms with Gasteiger partial charge in [-0.25, -0.2) is 0 Å². The van der Waals surface area contributed by atoms with Gasteiger partial charge in [0.25, 0.3) is 0 Å². The van der Waals surface area contributed by atoms with Crippen molar-refractivity contribution in [3.8, 4) is 0 Å². The molecule has 98 valence electrons. The molecule has 1 atom stereocenters. The molecule has 3 N–H and O–H groups in total. The Morgan fingerprint density at radius 1 is 1.50 bits per heavy atom. The second-order valence-corrected chi connectivity index (χ2v) is 4.57. The van der Waals surface area contributed by atoms with Crippen molar-refractivity contribution in [3.05, 3.63) is 29.8 Å². The average Bonchev–Trinajstić information content (AvgIpc) is 2.37. The molecule has 0 bridgehead atoms. The smallest absolute Gasteiger partial charge is 0.244 e. The first-order valence-electron chi connectivity index (χ1n) is 5.87. The van der Waals surface area contributed by atoms with Crippen molar-refractivity contribution in [2.75, 3.05) is 18.9 Å². The molecule has 1 amide bonds. The van der Waals surface area contributed by atoms with Crippen LogP contribution in [-0.2, 0) is 4.79 Å². The molecular weight excluding hydrogens is 246 g/mol. The zero-order chi connectivity index (χ0) is 13.7. The van der Waals surface area contributed by atoms with Crippen LogP contribution in [0.1, 0.15) is 19.4 Å². The first-order chi connectivity index (χ1) is 8.47. The maximum Gasteiger partial charge on any atom is 0.244 e. The molecule has 1 aromatic carbocycles. The number of hydrogen-bond donors (Lipinski definition) is 2. The molecule has 0 saturated carbocycles. The van der Waals surface area contributed by atoms with Crippen LogP contribution in [0.2, 0.25) is 0 Å². The Labute approximate surface area is 113 Å². The SMILES string of the molecule is CCN(C)C(=O)C(C)Nc1ccccc1C(N)=S. The predicted molar refractivity (Wildman–Crippen MR) is 78.7 cm³/mol. The largest absolute Gasteiger partial charge is 0.389 e. The number of nitrogens with zero attached hydrogens (tertiary/aromatic N) is 1. The van der Waals surface area contributed by atoms with Gasteiger partial charge in [-0.3, -0.25) is 4.79 Å². The monoisotopic (exact) mass is 265 g/mol. The van der Waals surface area contributed by atoms with Crippen molar-refractivity contribution in [2.24, 2.45) is 5.73 Å². The van der Waals surface area contributed by atoms with Gasteiger partial charge in [-0.05, 0) is 26.0 Å². The third kappa shape index (κ3) is 3.43. The summed E-state index contributed by atoms with van der Waals surface area (Å²) in [5, 5.41) is 3.15. The van der Waals surface area contributed by atoms with Gasteiger partial charge in [0.1, 0.15) is 11.0 Å². The van der Waals surface area contributed by atoms with Crippen LogP contribution in [0, 0.1) is 0 Å². The second-order valence-electron chi connectivity index (χ2n) is 4.13. The van der Waals surface area contributed by atoms with Crippen LogP contribution in [0.15, 0.2) is 24.3 Å². The minimum atomic E-state index is -0.314. The molecule has 4 nitrogen and oxygen atoms in total. The van der Waals surface area contributed by atoms with Crippen molar-refractivity contribution in [1.29, 1.82) is 0 Å². The van der Waals surface area contributed by atoms with E-state index in [-0.39, 0.29) is 11.9 Å². The summed E-state index contributed by atoms with van der Waals surface area (Å²) in [6, 6.07) is 7.13. The van der Waals surface area contributed by atoms with Crippen molar-refractivity contribution >= 4 is 28.8 Å². The highest BCUT2D eigenvalue weighted by Crippen LogP contribution is 2.16. The van der Waals surface area contributed by atoms with Crippen LogP contribution in [0.4, 0.5) is 5.69 Å². The Balaban J connectivity index is 2.85. The van der Waals surface area contributed by atoms with Crippen LogP contribution < -0.4 is 11.1 Å². The third-order valence-corrected chi connectivity index (χ3v) is 3.01. The van der Waals surface area contributed by atoms with E-state index in [9.17, 15) is 4.79 Å². The molecule has 1 unspecified atom stereocenters. The Hall–Kier alpha value is -1.62. The molecule has 0 aliphatic heterocycles. The molecule has 0 aromatic heterocycles. The first kappa shape index (κ1) is 14.4. The third-order valence-electron chi connectivity index (χ3n) is 2.79. The number of amides is 1. The van der Waals surface area contributed by atoms with E-state index in [2.05, 4.69) is 5.32 Å². The lowest BCUT2D eigenvalue weighted by Crippen LogP contribution is -2.39. The summed E-state index contributed by atoms with van der Waals surface area (Å²) in [5.74, 6) is 0.0373. The Kier molecular flexibility index (Phi) is 5.09. The standard InChI is InChI=1S/C13H19N3OS/c1-4-16(3)13(17)9(2)15-11-8-6-5-7-10(11)12(14)18/h5-9,15H,4H2,1-3H3,(H2,14,18). The Bertz CT molecular complexity index is 448. The van der Waals surface area contributed by atoms with E-state index in [4.69, 9.17) is 18.0 Å². The second kappa shape index (κ2) is 6.35. The molecule has 0 fully saturated rings. The molecule has 5 heteroatoms. The average molecular weight is 265 g/mol. The number of anilines is 1. The molecule has 1 aromatic rings. The molecule has 0 aliphatic rings. The summed E-state index contributed by atoms with van der Waals surface area (Å²) in [6.07, 6.45) is 0. The molecule has 0 radical (unpaired) electrons. The van der Waals surface area contributed by atoms with Gasteiger partial charge >= 0.3 is 0 Å². The van der Waals surface area contributed by atoms with Gasteiger partial charge in [0.05, 0.1) is 0 Å². The Morgan fingerprint density at radius 2 is 2.11 bits per heavy atom. The summed E-state index contributed by atoms with van der Waals surface area (Å²) in [4.78, 5) is 13.9. The number of carbonyl (C=O) groups excluding carboxylic acids is 1. The molecule has 0 aliphatic carbocycles. The number of rotatable bonds is 5. The molecule has 18 heavy (non-hydrogen) atoms. The summed E-state index contributed by atoms with van der Waals surface area (Å²) >= 11 is 4.98. The van der Waals surface area contributed by atoms with E-state index in [0.717, 1.165) is 11.3 Å². The van der Waals surface area contributed by atoms with E-state index in [1.54, 1.807) is 11.9 Å². The van der Waals surface area contributed by atoms with Gasteiger partial charge in [-0.15, -0.1) is 0 Å². The highest BCUT2D eigenvalue weighted by atomic mass is 32.1. The van der Waals surface area contributed by atoms with E-state index >= 15 is 0 Å².